The van der Waals surface area contributed by atoms with Crippen LogP contribution in [0.25, 0.3) is 0 Å². The summed E-state index contributed by atoms with van der Waals surface area (Å²) in [6.45, 7) is 2.29. The third-order valence-corrected chi connectivity index (χ3v) is 5.28. The molecule has 0 spiro atoms. The first-order valence-corrected chi connectivity index (χ1v) is 9.47. The molecule has 0 bridgehead atoms. The molecule has 1 fully saturated rings. The van der Waals surface area contributed by atoms with Gasteiger partial charge in [-0.1, -0.05) is 11.6 Å². The molecule has 2 aliphatic rings. The molecule has 0 aromatic heterocycles. The second kappa shape index (κ2) is 7.74. The standard InChI is InChI=1S/C20H20ClFN2O3/c21-14-4-5-16(15(22)11-14)23-20(25)12-24-7-1-2-17(24)13-3-6-18-19(10-13)27-9-8-26-18/h3-6,10-11,17H,1-2,7-9,12H2,(H,23,25)/p+1/t17-/m0/s1. The first-order valence-electron chi connectivity index (χ1n) is 9.09. The minimum Gasteiger partial charge on any atom is -0.486 e. The number of quaternary nitrogens is 1. The van der Waals surface area contributed by atoms with Crippen molar-refractivity contribution in [3.8, 4) is 11.5 Å². The van der Waals surface area contributed by atoms with Crippen LogP contribution in [-0.4, -0.2) is 32.2 Å². The lowest BCUT2D eigenvalue weighted by Gasteiger charge is -2.24. The van der Waals surface area contributed by atoms with Gasteiger partial charge in [0.05, 0.1) is 12.2 Å². The predicted octanol–water partition coefficient (Wildman–Crippen LogP) is 2.61. The van der Waals surface area contributed by atoms with Gasteiger partial charge in [-0.25, -0.2) is 4.39 Å². The van der Waals surface area contributed by atoms with Crippen molar-refractivity contribution in [2.75, 3.05) is 31.6 Å². The maximum Gasteiger partial charge on any atom is 0.279 e. The van der Waals surface area contributed by atoms with Gasteiger partial charge in [0.2, 0.25) is 0 Å². The SMILES string of the molecule is O=C(C[NH+]1CCC[C@H]1c1ccc2c(c1)OCCO2)Nc1ccc(Cl)cc1F. The fourth-order valence-corrected chi connectivity index (χ4v) is 3.95. The molecule has 1 unspecified atom stereocenters. The summed E-state index contributed by atoms with van der Waals surface area (Å²) in [6, 6.07) is 10.4. The van der Waals surface area contributed by atoms with Crippen molar-refractivity contribution >= 4 is 23.2 Å². The average molecular weight is 392 g/mol. The van der Waals surface area contributed by atoms with Gasteiger partial charge >= 0.3 is 0 Å². The predicted molar refractivity (Wildman–Crippen MR) is 100 cm³/mol. The van der Waals surface area contributed by atoms with Crippen LogP contribution in [0.1, 0.15) is 24.4 Å². The van der Waals surface area contributed by atoms with E-state index < -0.39 is 5.82 Å². The van der Waals surface area contributed by atoms with Gasteiger partial charge in [0.1, 0.15) is 25.1 Å². The van der Waals surface area contributed by atoms with E-state index in [1.165, 1.54) is 17.0 Å². The average Bonchev–Trinajstić information content (AvgIpc) is 3.11. The zero-order chi connectivity index (χ0) is 18.8. The number of likely N-dealkylation sites (tertiary alicyclic amines) is 1. The number of hydrogen-bond acceptors (Lipinski definition) is 3. The number of benzene rings is 2. The molecule has 0 saturated carbocycles. The fraction of sp³-hybridized carbons (Fsp3) is 0.350. The van der Waals surface area contributed by atoms with Crippen molar-refractivity contribution < 1.29 is 23.6 Å². The first kappa shape index (κ1) is 18.1. The summed E-state index contributed by atoms with van der Waals surface area (Å²) in [5.41, 5.74) is 1.29. The Labute approximate surface area is 162 Å². The Morgan fingerprint density at radius 1 is 1.19 bits per heavy atom. The van der Waals surface area contributed by atoms with Gasteiger partial charge in [0, 0.05) is 23.4 Å². The van der Waals surface area contributed by atoms with Crippen LogP contribution in [0.15, 0.2) is 36.4 Å². The van der Waals surface area contributed by atoms with Gasteiger partial charge in [-0.3, -0.25) is 4.79 Å². The highest BCUT2D eigenvalue weighted by Crippen LogP contribution is 2.33. The topological polar surface area (TPSA) is 52.0 Å². The lowest BCUT2D eigenvalue weighted by atomic mass is 10.0. The highest BCUT2D eigenvalue weighted by Gasteiger charge is 2.32. The largest absolute Gasteiger partial charge is 0.486 e. The highest BCUT2D eigenvalue weighted by molar-refractivity contribution is 6.30. The number of fused-ring (bicyclic) bond motifs is 1. The van der Waals surface area contributed by atoms with E-state index in [2.05, 4.69) is 5.32 Å². The minimum absolute atomic E-state index is 0.152. The summed E-state index contributed by atoms with van der Waals surface area (Å²) >= 11 is 5.75. The third-order valence-electron chi connectivity index (χ3n) is 5.04. The molecular weight excluding hydrogens is 371 g/mol. The van der Waals surface area contributed by atoms with Crippen molar-refractivity contribution in [1.82, 2.24) is 0 Å². The van der Waals surface area contributed by atoms with Crippen LogP contribution in [0.3, 0.4) is 0 Å². The van der Waals surface area contributed by atoms with Crippen molar-refractivity contribution in [2.24, 2.45) is 0 Å². The van der Waals surface area contributed by atoms with E-state index in [1.807, 2.05) is 18.2 Å². The number of amides is 1. The van der Waals surface area contributed by atoms with Crippen LogP contribution in [0.5, 0.6) is 11.5 Å². The van der Waals surface area contributed by atoms with E-state index >= 15 is 0 Å². The molecule has 4 rings (SSSR count). The maximum absolute atomic E-state index is 13.9. The Morgan fingerprint density at radius 2 is 2.00 bits per heavy atom. The van der Waals surface area contributed by atoms with Crippen molar-refractivity contribution in [1.29, 1.82) is 0 Å². The lowest BCUT2D eigenvalue weighted by molar-refractivity contribution is -0.910. The highest BCUT2D eigenvalue weighted by atomic mass is 35.5. The zero-order valence-electron chi connectivity index (χ0n) is 14.8. The molecule has 2 aliphatic heterocycles. The molecule has 2 aromatic carbocycles. The zero-order valence-corrected chi connectivity index (χ0v) is 15.5. The Kier molecular flexibility index (Phi) is 5.18. The summed E-state index contributed by atoms with van der Waals surface area (Å²) in [5.74, 6) is 0.782. The lowest BCUT2D eigenvalue weighted by Crippen LogP contribution is -3.11. The summed E-state index contributed by atoms with van der Waals surface area (Å²) in [7, 11) is 0. The monoisotopic (exact) mass is 391 g/mol. The first-order chi connectivity index (χ1) is 13.1. The van der Waals surface area contributed by atoms with E-state index in [9.17, 15) is 9.18 Å². The van der Waals surface area contributed by atoms with Crippen molar-refractivity contribution in [3.05, 3.63) is 52.8 Å². The quantitative estimate of drug-likeness (QED) is 0.842. The van der Waals surface area contributed by atoms with E-state index in [1.54, 1.807) is 6.07 Å². The van der Waals surface area contributed by atoms with Crippen LogP contribution in [0, 0.1) is 5.82 Å². The number of hydrogen-bond donors (Lipinski definition) is 2. The molecule has 0 aliphatic carbocycles. The third kappa shape index (κ3) is 4.01. The molecule has 0 radical (unpaired) electrons. The molecule has 7 heteroatoms. The van der Waals surface area contributed by atoms with Crippen LogP contribution >= 0.6 is 11.6 Å². The molecule has 142 valence electrons. The summed E-state index contributed by atoms with van der Waals surface area (Å²) in [4.78, 5) is 13.6. The van der Waals surface area contributed by atoms with Crippen LogP contribution in [-0.2, 0) is 4.79 Å². The van der Waals surface area contributed by atoms with Crippen LogP contribution < -0.4 is 19.7 Å². The summed E-state index contributed by atoms with van der Waals surface area (Å²) < 4.78 is 25.1. The molecular formula is C20H21ClFN2O3+. The second-order valence-corrected chi connectivity index (χ2v) is 7.29. The van der Waals surface area contributed by atoms with Gasteiger partial charge in [-0.2, -0.15) is 0 Å². The molecule has 27 heavy (non-hydrogen) atoms. The van der Waals surface area contributed by atoms with Crippen molar-refractivity contribution in [2.45, 2.75) is 18.9 Å². The molecule has 2 atom stereocenters. The Hall–Kier alpha value is -2.31. The number of anilines is 1. The normalized spacial score (nSPS) is 21.1. The Balaban J connectivity index is 1.44. The number of rotatable bonds is 4. The van der Waals surface area contributed by atoms with Gasteiger partial charge in [0.25, 0.3) is 5.91 Å². The van der Waals surface area contributed by atoms with Crippen molar-refractivity contribution in [3.63, 3.8) is 0 Å². The Morgan fingerprint density at radius 3 is 2.81 bits per heavy atom. The van der Waals surface area contributed by atoms with Gasteiger partial charge in [0.15, 0.2) is 18.0 Å². The molecule has 1 amide bonds. The Bertz CT molecular complexity index is 861. The molecule has 5 nitrogen and oxygen atoms in total. The van der Waals surface area contributed by atoms with Crippen LogP contribution in [0.2, 0.25) is 5.02 Å². The number of nitrogens with one attached hydrogen (secondary N) is 2. The molecule has 2 N–H and O–H groups in total. The number of carbonyl (C=O) groups is 1. The fourth-order valence-electron chi connectivity index (χ4n) is 3.79. The van der Waals surface area contributed by atoms with Gasteiger partial charge in [-0.15, -0.1) is 0 Å². The molecule has 2 heterocycles. The van der Waals surface area contributed by atoms with E-state index in [-0.39, 0.29) is 24.2 Å². The molecule has 1 saturated heterocycles. The minimum atomic E-state index is -0.532. The molecule has 2 aromatic rings. The van der Waals surface area contributed by atoms with Crippen LogP contribution in [0.4, 0.5) is 10.1 Å². The van der Waals surface area contributed by atoms with Gasteiger partial charge in [-0.05, 0) is 36.4 Å². The summed E-state index contributed by atoms with van der Waals surface area (Å²) in [6.07, 6.45) is 2.04. The maximum atomic E-state index is 13.9. The number of carbonyl (C=O) groups excluding carboxylic acids is 1. The number of ether oxygens (including phenoxy) is 2. The summed E-state index contributed by atoms with van der Waals surface area (Å²) in [5, 5.41) is 2.95. The second-order valence-electron chi connectivity index (χ2n) is 6.86. The smallest absolute Gasteiger partial charge is 0.279 e. The number of halogens is 2. The van der Waals surface area contributed by atoms with E-state index in [0.717, 1.165) is 36.4 Å². The van der Waals surface area contributed by atoms with E-state index in [0.29, 0.717) is 18.2 Å². The van der Waals surface area contributed by atoms with Gasteiger partial charge < -0.3 is 19.7 Å². The van der Waals surface area contributed by atoms with E-state index in [4.69, 9.17) is 21.1 Å².